The Morgan fingerprint density at radius 1 is 0.633 bits per heavy atom. The van der Waals surface area contributed by atoms with Gasteiger partial charge in [-0.05, 0) is 136 Å². The van der Waals surface area contributed by atoms with Gasteiger partial charge in [0.15, 0.2) is 39.9 Å². The average Bonchev–Trinajstić information content (AvgIpc) is 3.44. The van der Waals surface area contributed by atoms with Crippen molar-refractivity contribution in [3.05, 3.63) is 147 Å². The van der Waals surface area contributed by atoms with Crippen LogP contribution in [0.3, 0.4) is 0 Å². The summed E-state index contributed by atoms with van der Waals surface area (Å²) in [7, 11) is -3.65. The molecule has 8 rings (SSSR count). The quantitative estimate of drug-likeness (QED) is 0.0955. The van der Waals surface area contributed by atoms with Gasteiger partial charge in [-0.15, -0.1) is 0 Å². The van der Waals surface area contributed by atoms with Crippen molar-refractivity contribution in [3.63, 3.8) is 0 Å². The molecular formula is C60H79BrN10O6Si2. The Kier molecular flexibility index (Phi) is 21.6. The van der Waals surface area contributed by atoms with Crippen molar-refractivity contribution in [1.82, 2.24) is 39.5 Å². The summed E-state index contributed by atoms with van der Waals surface area (Å²) < 4.78 is 15.1. The monoisotopic (exact) mass is 1170 g/mol. The minimum absolute atomic E-state index is 0.0480. The van der Waals surface area contributed by atoms with Gasteiger partial charge in [-0.25, -0.2) is 29.9 Å². The molecule has 2 aromatic carbocycles. The largest absolute Gasteiger partial charge is 0.413 e. The number of rotatable bonds is 15. The molecule has 2 aliphatic heterocycles. The van der Waals surface area contributed by atoms with Crippen molar-refractivity contribution in [1.29, 1.82) is 0 Å². The minimum atomic E-state index is -1.88. The second kappa shape index (κ2) is 27.7. The van der Waals surface area contributed by atoms with Gasteiger partial charge in [0.25, 0.3) is 11.1 Å². The Bertz CT molecular complexity index is 3120. The van der Waals surface area contributed by atoms with E-state index in [-0.39, 0.29) is 44.6 Å². The fraction of sp³-hybridized carbons (Fsp3) is 0.433. The molecule has 2 saturated heterocycles. The molecule has 0 spiro atoms. The Hall–Kier alpha value is -6.39. The first-order valence-corrected chi connectivity index (χ1v) is 33.7. The van der Waals surface area contributed by atoms with Gasteiger partial charge in [-0.3, -0.25) is 23.7 Å². The van der Waals surface area contributed by atoms with Gasteiger partial charge in [0.05, 0.1) is 24.6 Å². The summed E-state index contributed by atoms with van der Waals surface area (Å²) in [5, 5.41) is 0.304. The highest BCUT2D eigenvalue weighted by molar-refractivity contribution is 9.10. The molecule has 420 valence electrons. The van der Waals surface area contributed by atoms with E-state index in [9.17, 15) is 19.2 Å². The molecule has 6 aromatic rings. The van der Waals surface area contributed by atoms with Crippen LogP contribution in [-0.4, -0.2) is 107 Å². The summed E-state index contributed by atoms with van der Waals surface area (Å²) in [6, 6.07) is 19.1. The molecule has 19 heteroatoms. The van der Waals surface area contributed by atoms with E-state index in [1.807, 2.05) is 88.7 Å². The number of piperidine rings is 2. The van der Waals surface area contributed by atoms with Crippen molar-refractivity contribution < 1.29 is 18.4 Å². The molecule has 0 radical (unpaired) electrons. The van der Waals surface area contributed by atoms with Crippen molar-refractivity contribution in [3.8, 4) is 28.5 Å². The number of aromatic nitrogens is 8. The van der Waals surface area contributed by atoms with Gasteiger partial charge >= 0.3 is 0 Å². The highest BCUT2D eigenvalue weighted by Crippen LogP contribution is 2.37. The molecule has 1 N–H and O–H groups in total. The number of hydrogen-bond acceptors (Lipinski definition) is 14. The first-order valence-electron chi connectivity index (χ1n) is 27.1. The summed E-state index contributed by atoms with van der Waals surface area (Å²) in [4.78, 5) is 82.2. The SMILES string of the molecule is Brc1ccc(-c2ncccn2)cc1.CC(=O)C1CCN(c2nc(/C=C/CO[Si](C)(C)C(C)(C)C)c[nH]c2=O)CC1.CC(=O)C1CCN(c2nc(/C=C/CO[Si](C)(C)C(C)(C)C)cn(-c3ccc(-c4ncccn4)cc3)c2=O)CC1. The number of H-pyrrole nitrogens is 1. The molecule has 0 saturated carbocycles. The van der Waals surface area contributed by atoms with Crippen LogP contribution in [0.2, 0.25) is 36.3 Å². The zero-order chi connectivity index (χ0) is 57.5. The number of Topliss-reactive ketones (excluding diaryl/α,β-unsaturated/α-hetero) is 2. The zero-order valence-electron chi connectivity index (χ0n) is 48.1. The Balaban J connectivity index is 0.000000216. The van der Waals surface area contributed by atoms with Crippen LogP contribution >= 0.6 is 15.9 Å². The second-order valence-corrected chi connectivity index (χ2v) is 33.6. The smallest absolute Gasteiger partial charge is 0.298 e. The first kappa shape index (κ1) is 61.8. The predicted molar refractivity (Wildman–Crippen MR) is 326 cm³/mol. The van der Waals surface area contributed by atoms with E-state index in [4.69, 9.17) is 13.8 Å². The van der Waals surface area contributed by atoms with Crippen molar-refractivity contribution in [2.45, 2.75) is 117 Å². The molecule has 2 aliphatic rings. The van der Waals surface area contributed by atoms with Crippen LogP contribution in [0.25, 0.3) is 40.6 Å². The number of nitrogens with zero attached hydrogens (tertiary/aromatic N) is 9. The van der Waals surface area contributed by atoms with Crippen LogP contribution in [-0.2, 0) is 18.4 Å². The molecule has 0 bridgehead atoms. The van der Waals surface area contributed by atoms with Gasteiger partial charge in [-0.1, -0.05) is 81.8 Å². The van der Waals surface area contributed by atoms with Crippen LogP contribution in [0.15, 0.2) is 124 Å². The van der Waals surface area contributed by atoms with E-state index in [1.54, 1.807) is 61.7 Å². The highest BCUT2D eigenvalue weighted by Gasteiger charge is 2.37. The van der Waals surface area contributed by atoms with Crippen LogP contribution in [0.1, 0.15) is 92.5 Å². The number of carbonyl (C=O) groups is 2. The molecule has 0 atom stereocenters. The molecule has 2 fully saturated rings. The second-order valence-electron chi connectivity index (χ2n) is 23.0. The third kappa shape index (κ3) is 17.6. The Morgan fingerprint density at radius 2 is 1.04 bits per heavy atom. The zero-order valence-corrected chi connectivity index (χ0v) is 51.7. The summed E-state index contributed by atoms with van der Waals surface area (Å²) in [6.45, 7) is 29.1. The number of aromatic amines is 1. The predicted octanol–water partition coefficient (Wildman–Crippen LogP) is 12.0. The van der Waals surface area contributed by atoms with Crippen LogP contribution in [0, 0.1) is 11.8 Å². The molecular weight excluding hydrogens is 1090 g/mol. The van der Waals surface area contributed by atoms with Gasteiger partial charge < -0.3 is 23.6 Å². The van der Waals surface area contributed by atoms with E-state index in [0.717, 1.165) is 52.8 Å². The van der Waals surface area contributed by atoms with Gasteiger partial charge in [0.1, 0.15) is 11.6 Å². The number of carbonyl (C=O) groups excluding carboxylic acids is 2. The lowest BCUT2D eigenvalue weighted by Crippen LogP contribution is -2.40. The van der Waals surface area contributed by atoms with E-state index < -0.39 is 16.6 Å². The number of benzene rings is 2. The molecule has 0 unspecified atom stereocenters. The molecule has 16 nitrogen and oxygen atoms in total. The summed E-state index contributed by atoms with van der Waals surface area (Å²) in [5.41, 5.74) is 3.64. The van der Waals surface area contributed by atoms with Crippen molar-refractivity contribution in [2.75, 3.05) is 49.2 Å². The third-order valence-electron chi connectivity index (χ3n) is 15.3. The van der Waals surface area contributed by atoms with Gasteiger partial charge in [0, 0.05) is 96.5 Å². The first-order chi connectivity index (χ1) is 37.3. The van der Waals surface area contributed by atoms with E-state index in [0.29, 0.717) is 68.2 Å². The molecule has 79 heavy (non-hydrogen) atoms. The summed E-state index contributed by atoms with van der Waals surface area (Å²) in [6.07, 6.45) is 21.0. The van der Waals surface area contributed by atoms with Crippen LogP contribution in [0.5, 0.6) is 0 Å². The van der Waals surface area contributed by atoms with Crippen molar-refractivity contribution >= 4 is 67.9 Å². The summed E-state index contributed by atoms with van der Waals surface area (Å²) in [5.74, 6) is 2.82. The third-order valence-corrected chi connectivity index (χ3v) is 24.9. The Labute approximate surface area is 476 Å². The van der Waals surface area contributed by atoms with Crippen LogP contribution < -0.4 is 20.9 Å². The number of anilines is 2. The van der Waals surface area contributed by atoms with E-state index in [1.165, 1.54) is 0 Å². The van der Waals surface area contributed by atoms with E-state index in [2.05, 4.69) is 114 Å². The minimum Gasteiger partial charge on any atom is -0.413 e. The van der Waals surface area contributed by atoms with Crippen LogP contribution in [0.4, 0.5) is 11.6 Å². The topological polar surface area (TPSA) is 191 Å². The standard InChI is InChI=1S/C30H39N5O3Si.C20H33N3O3Si.C10H7BrN2/c1-22(36)23-14-18-34(19-15-23)28-29(37)35(26-12-10-24(11-13-26)27-31-16-8-17-32-27)21-25(33-28)9-7-20-38-39(5,6)30(2,3)4;1-15(24)16-9-11-23(12-10-16)18-19(25)21-14-17(22-18)8-7-13-26-27(5,6)20(2,3)4;11-9-4-2-8(3-5-9)10-12-6-1-7-13-10/h7-13,16-17,21,23H,14-15,18-20H2,1-6H3;7-8,14,16H,9-13H2,1-6H3,(H,21,25);1-7H/b9-7+;8-7+;. The maximum absolute atomic E-state index is 13.7. The molecule has 6 heterocycles. The van der Waals surface area contributed by atoms with Gasteiger partial charge in [0.2, 0.25) is 0 Å². The summed E-state index contributed by atoms with van der Waals surface area (Å²) >= 11 is 3.38. The van der Waals surface area contributed by atoms with Crippen molar-refractivity contribution in [2.24, 2.45) is 11.8 Å². The Morgan fingerprint density at radius 3 is 1.47 bits per heavy atom. The molecule has 0 aliphatic carbocycles. The van der Waals surface area contributed by atoms with E-state index >= 15 is 0 Å². The highest BCUT2D eigenvalue weighted by atomic mass is 79.9. The normalized spacial score (nSPS) is 14.9. The number of nitrogens with one attached hydrogen (secondary N) is 1. The maximum Gasteiger partial charge on any atom is 0.298 e. The molecule has 4 aromatic heterocycles. The molecule has 0 amide bonds. The lowest BCUT2D eigenvalue weighted by molar-refractivity contribution is -0.122. The number of ketones is 2. The fourth-order valence-electron chi connectivity index (χ4n) is 8.23. The lowest BCUT2D eigenvalue weighted by Gasteiger charge is -2.35. The number of hydrogen-bond donors (Lipinski definition) is 1. The average molecular weight is 1170 g/mol. The lowest BCUT2D eigenvalue weighted by atomic mass is 9.93. The number of halogens is 1. The van der Waals surface area contributed by atoms with Gasteiger partial charge in [-0.2, -0.15) is 0 Å². The fourth-order valence-corrected chi connectivity index (χ4v) is 10.4. The maximum atomic E-state index is 13.7.